The number of rotatable bonds is 4. The van der Waals surface area contributed by atoms with Gasteiger partial charge in [0.15, 0.2) is 0 Å². The molecular formula is C17H10F3N3O3. The molecule has 0 aliphatic rings. The zero-order valence-electron chi connectivity index (χ0n) is 12.9. The number of para-hydroxylation sites is 1. The van der Waals surface area contributed by atoms with Gasteiger partial charge in [-0.3, -0.25) is 14.9 Å². The van der Waals surface area contributed by atoms with Gasteiger partial charge in [-0.15, -0.1) is 0 Å². The summed E-state index contributed by atoms with van der Waals surface area (Å²) in [5.41, 5.74) is -2.11. The quantitative estimate of drug-likeness (QED) is 0.383. The highest BCUT2D eigenvalue weighted by atomic mass is 19.4. The summed E-state index contributed by atoms with van der Waals surface area (Å²) in [4.78, 5) is 22.2. The van der Waals surface area contributed by atoms with Gasteiger partial charge in [0.25, 0.3) is 11.6 Å². The Morgan fingerprint density at radius 1 is 1.19 bits per heavy atom. The van der Waals surface area contributed by atoms with Crippen molar-refractivity contribution in [2.75, 3.05) is 5.32 Å². The molecule has 0 spiro atoms. The molecule has 2 rings (SSSR count). The average Bonchev–Trinajstić information content (AvgIpc) is 2.59. The summed E-state index contributed by atoms with van der Waals surface area (Å²) in [6, 6.07) is 11.0. The summed E-state index contributed by atoms with van der Waals surface area (Å²) < 4.78 is 38.9. The molecule has 0 aromatic heterocycles. The highest BCUT2D eigenvalue weighted by molar-refractivity contribution is 6.10. The Hall–Kier alpha value is -3.67. The standard InChI is InChI=1S/C17H10F3N3O3/c18-17(19,20)14-6-1-2-7-15(14)22-16(24)12(10-21)8-11-4-3-5-13(9-11)23(25)26/h1-9H,(H,22,24)/b12-8+. The number of alkyl halides is 3. The molecule has 0 radical (unpaired) electrons. The first-order valence-corrected chi connectivity index (χ1v) is 7.06. The third-order valence-electron chi connectivity index (χ3n) is 3.24. The number of halogens is 3. The van der Waals surface area contributed by atoms with E-state index in [0.717, 1.165) is 24.3 Å². The molecule has 0 fully saturated rings. The van der Waals surface area contributed by atoms with Gasteiger partial charge in [0.05, 0.1) is 16.2 Å². The van der Waals surface area contributed by atoms with Crippen molar-refractivity contribution in [2.24, 2.45) is 0 Å². The second-order valence-corrected chi connectivity index (χ2v) is 5.02. The molecule has 2 aromatic rings. The van der Waals surface area contributed by atoms with Crippen molar-refractivity contribution in [3.05, 3.63) is 75.3 Å². The van der Waals surface area contributed by atoms with Crippen LogP contribution in [-0.4, -0.2) is 10.8 Å². The lowest BCUT2D eigenvalue weighted by molar-refractivity contribution is -0.384. The Morgan fingerprint density at radius 3 is 2.50 bits per heavy atom. The van der Waals surface area contributed by atoms with Crippen molar-refractivity contribution in [3.8, 4) is 6.07 Å². The number of nitrogens with one attached hydrogen (secondary N) is 1. The number of nitro benzene ring substituents is 1. The predicted octanol–water partition coefficient (Wildman–Crippen LogP) is 4.16. The van der Waals surface area contributed by atoms with Gasteiger partial charge in [0, 0.05) is 12.1 Å². The van der Waals surface area contributed by atoms with E-state index in [0.29, 0.717) is 0 Å². The number of non-ortho nitro benzene ring substituents is 1. The van der Waals surface area contributed by atoms with Gasteiger partial charge >= 0.3 is 6.18 Å². The monoisotopic (exact) mass is 361 g/mol. The molecule has 1 N–H and O–H groups in total. The molecule has 0 heterocycles. The van der Waals surface area contributed by atoms with Crippen molar-refractivity contribution >= 4 is 23.4 Å². The number of anilines is 1. The molecule has 0 saturated carbocycles. The van der Waals surface area contributed by atoms with Crippen LogP contribution in [0.1, 0.15) is 11.1 Å². The molecule has 2 aromatic carbocycles. The Kier molecular flexibility index (Phi) is 5.37. The zero-order valence-corrected chi connectivity index (χ0v) is 12.9. The maximum atomic E-state index is 13.0. The van der Waals surface area contributed by atoms with Crippen LogP contribution in [0, 0.1) is 21.4 Å². The fourth-order valence-corrected chi connectivity index (χ4v) is 2.07. The van der Waals surface area contributed by atoms with Crippen LogP contribution in [0.15, 0.2) is 54.1 Å². The van der Waals surface area contributed by atoms with Gasteiger partial charge in [-0.2, -0.15) is 18.4 Å². The first-order valence-electron chi connectivity index (χ1n) is 7.06. The fourth-order valence-electron chi connectivity index (χ4n) is 2.07. The summed E-state index contributed by atoms with van der Waals surface area (Å²) in [5.74, 6) is -1.06. The van der Waals surface area contributed by atoms with Crippen molar-refractivity contribution in [1.82, 2.24) is 0 Å². The topological polar surface area (TPSA) is 96.0 Å². The first kappa shape index (κ1) is 18.7. The number of benzene rings is 2. The van der Waals surface area contributed by atoms with Gasteiger partial charge in [-0.05, 0) is 23.8 Å². The summed E-state index contributed by atoms with van der Waals surface area (Å²) in [7, 11) is 0. The molecule has 0 aliphatic carbocycles. The Labute approximate surface area is 145 Å². The van der Waals surface area contributed by atoms with Crippen molar-refractivity contribution in [1.29, 1.82) is 5.26 Å². The van der Waals surface area contributed by atoms with Crippen molar-refractivity contribution < 1.29 is 22.9 Å². The Morgan fingerprint density at radius 2 is 1.88 bits per heavy atom. The van der Waals surface area contributed by atoms with Crippen LogP contribution < -0.4 is 5.32 Å². The normalized spacial score (nSPS) is 11.5. The third kappa shape index (κ3) is 4.45. The third-order valence-corrected chi connectivity index (χ3v) is 3.24. The van der Waals surface area contributed by atoms with E-state index < -0.39 is 33.8 Å². The lowest BCUT2D eigenvalue weighted by atomic mass is 10.1. The first-order chi connectivity index (χ1) is 12.2. The van der Waals surface area contributed by atoms with Gasteiger partial charge in [0.1, 0.15) is 11.6 Å². The maximum Gasteiger partial charge on any atom is 0.418 e. The minimum Gasteiger partial charge on any atom is -0.321 e. The van der Waals surface area contributed by atoms with E-state index in [1.165, 1.54) is 30.3 Å². The molecule has 132 valence electrons. The summed E-state index contributed by atoms with van der Waals surface area (Å²) >= 11 is 0. The minimum absolute atomic E-state index is 0.190. The smallest absolute Gasteiger partial charge is 0.321 e. The van der Waals surface area contributed by atoms with Crippen LogP contribution in [0.5, 0.6) is 0 Å². The van der Waals surface area contributed by atoms with Crippen LogP contribution in [-0.2, 0) is 11.0 Å². The van der Waals surface area contributed by atoms with E-state index in [4.69, 9.17) is 5.26 Å². The Bertz CT molecular complexity index is 931. The second-order valence-electron chi connectivity index (χ2n) is 5.02. The van der Waals surface area contributed by atoms with Crippen LogP contribution in [0.25, 0.3) is 6.08 Å². The second kappa shape index (κ2) is 7.48. The van der Waals surface area contributed by atoms with Gasteiger partial charge in [0.2, 0.25) is 0 Å². The largest absolute Gasteiger partial charge is 0.418 e. The highest BCUT2D eigenvalue weighted by Crippen LogP contribution is 2.34. The molecule has 0 saturated heterocycles. The van der Waals surface area contributed by atoms with Crippen LogP contribution >= 0.6 is 0 Å². The van der Waals surface area contributed by atoms with E-state index in [9.17, 15) is 28.1 Å². The number of hydrogen-bond acceptors (Lipinski definition) is 4. The SMILES string of the molecule is N#C/C(=C\c1cccc([N+](=O)[O-])c1)C(=O)Nc1ccccc1C(F)(F)F. The summed E-state index contributed by atoms with van der Waals surface area (Å²) in [6.45, 7) is 0. The molecule has 0 aliphatic heterocycles. The molecule has 0 atom stereocenters. The van der Waals surface area contributed by atoms with E-state index >= 15 is 0 Å². The number of amides is 1. The summed E-state index contributed by atoms with van der Waals surface area (Å²) in [5, 5.41) is 21.9. The van der Waals surface area contributed by atoms with E-state index in [1.807, 2.05) is 5.32 Å². The zero-order chi connectivity index (χ0) is 19.3. The highest BCUT2D eigenvalue weighted by Gasteiger charge is 2.33. The molecule has 0 unspecified atom stereocenters. The minimum atomic E-state index is -4.68. The van der Waals surface area contributed by atoms with E-state index in [2.05, 4.69) is 0 Å². The number of nitriles is 1. The lowest BCUT2D eigenvalue weighted by Crippen LogP contribution is -2.17. The maximum absolute atomic E-state index is 13.0. The number of hydrogen-bond donors (Lipinski definition) is 1. The van der Waals surface area contributed by atoms with E-state index in [-0.39, 0.29) is 11.3 Å². The van der Waals surface area contributed by atoms with Crippen LogP contribution in [0.3, 0.4) is 0 Å². The number of nitro groups is 1. The molecule has 6 nitrogen and oxygen atoms in total. The molecular weight excluding hydrogens is 351 g/mol. The van der Waals surface area contributed by atoms with Gasteiger partial charge < -0.3 is 5.32 Å². The van der Waals surface area contributed by atoms with Crippen molar-refractivity contribution in [3.63, 3.8) is 0 Å². The summed E-state index contributed by atoms with van der Waals surface area (Å²) in [6.07, 6.45) is -3.63. The van der Waals surface area contributed by atoms with Gasteiger partial charge in [-0.1, -0.05) is 24.3 Å². The van der Waals surface area contributed by atoms with E-state index in [1.54, 1.807) is 6.07 Å². The van der Waals surface area contributed by atoms with Gasteiger partial charge in [-0.25, -0.2) is 0 Å². The number of nitrogens with zero attached hydrogens (tertiary/aromatic N) is 2. The average molecular weight is 361 g/mol. The lowest BCUT2D eigenvalue weighted by Gasteiger charge is -2.13. The molecule has 0 bridgehead atoms. The molecule has 1 amide bonds. The fraction of sp³-hybridized carbons (Fsp3) is 0.0588. The van der Waals surface area contributed by atoms with Crippen molar-refractivity contribution in [2.45, 2.75) is 6.18 Å². The number of carbonyl (C=O) groups is 1. The molecule has 9 heteroatoms. The van der Waals surface area contributed by atoms with Crippen LogP contribution in [0.4, 0.5) is 24.5 Å². The number of carbonyl (C=O) groups excluding carboxylic acids is 1. The predicted molar refractivity (Wildman–Crippen MR) is 86.8 cm³/mol. The Balaban J connectivity index is 2.33. The van der Waals surface area contributed by atoms with Crippen LogP contribution in [0.2, 0.25) is 0 Å². The molecule has 26 heavy (non-hydrogen) atoms.